The van der Waals surface area contributed by atoms with E-state index in [1.807, 2.05) is 24.3 Å². The van der Waals surface area contributed by atoms with Crippen LogP contribution in [0.25, 0.3) is 16.7 Å². The SMILES string of the molecule is CCN(CC)CCOc1ccc(Nc2ncc3c(C)n(-c4cc(NC(=O)c5cccc(C(F)(F)F)c5)cc(OC)c4)c(=O)nc3n2)cc1. The Kier molecular flexibility index (Phi) is 10.2. The number of ether oxygens (including phenoxy) is 2. The lowest BCUT2D eigenvalue weighted by Gasteiger charge is -2.18. The summed E-state index contributed by atoms with van der Waals surface area (Å²) in [6, 6.07) is 16.0. The van der Waals surface area contributed by atoms with Crippen molar-refractivity contribution in [2.24, 2.45) is 0 Å². The summed E-state index contributed by atoms with van der Waals surface area (Å²) in [6.45, 7) is 9.27. The van der Waals surface area contributed by atoms with E-state index in [9.17, 15) is 22.8 Å². The van der Waals surface area contributed by atoms with Gasteiger partial charge in [-0.05, 0) is 68.5 Å². The fourth-order valence-electron chi connectivity index (χ4n) is 5.02. The molecule has 14 heteroatoms. The van der Waals surface area contributed by atoms with Crippen LogP contribution in [0.2, 0.25) is 0 Å². The Labute approximate surface area is 274 Å². The van der Waals surface area contributed by atoms with Gasteiger partial charge in [0.2, 0.25) is 5.95 Å². The second-order valence-corrected chi connectivity index (χ2v) is 10.7. The summed E-state index contributed by atoms with van der Waals surface area (Å²) >= 11 is 0. The third kappa shape index (κ3) is 7.89. The smallest absolute Gasteiger partial charge is 0.416 e. The molecule has 48 heavy (non-hydrogen) atoms. The fraction of sp³-hybridized carbons (Fsp3) is 0.265. The summed E-state index contributed by atoms with van der Waals surface area (Å²) < 4.78 is 52.1. The molecular formula is C34H34F3N7O4. The molecule has 0 fully saturated rings. The van der Waals surface area contributed by atoms with E-state index in [0.29, 0.717) is 29.1 Å². The molecule has 0 aliphatic heterocycles. The van der Waals surface area contributed by atoms with Gasteiger partial charge in [-0.1, -0.05) is 19.9 Å². The van der Waals surface area contributed by atoms with Gasteiger partial charge in [-0.3, -0.25) is 9.36 Å². The zero-order valence-corrected chi connectivity index (χ0v) is 26.8. The van der Waals surface area contributed by atoms with Crippen molar-refractivity contribution >= 4 is 34.3 Å². The first kappa shape index (κ1) is 33.9. The number of alkyl halides is 3. The van der Waals surface area contributed by atoms with Gasteiger partial charge in [0.05, 0.1) is 23.7 Å². The molecule has 0 unspecified atom stereocenters. The molecule has 0 aliphatic carbocycles. The van der Waals surface area contributed by atoms with Crippen LogP contribution >= 0.6 is 0 Å². The third-order valence-corrected chi connectivity index (χ3v) is 7.66. The highest BCUT2D eigenvalue weighted by Gasteiger charge is 2.31. The van der Waals surface area contributed by atoms with Crippen molar-refractivity contribution in [1.29, 1.82) is 0 Å². The van der Waals surface area contributed by atoms with Crippen molar-refractivity contribution in [2.75, 3.05) is 44.0 Å². The van der Waals surface area contributed by atoms with Crippen LogP contribution < -0.4 is 25.8 Å². The second kappa shape index (κ2) is 14.5. The number of nitrogens with zero attached hydrogens (tertiary/aromatic N) is 5. The maximum atomic E-state index is 13.3. The first-order valence-electron chi connectivity index (χ1n) is 15.2. The van der Waals surface area contributed by atoms with Crippen LogP contribution in [0.1, 0.15) is 35.5 Å². The molecular weight excluding hydrogens is 627 g/mol. The monoisotopic (exact) mass is 661 g/mol. The molecule has 3 aromatic carbocycles. The van der Waals surface area contributed by atoms with Gasteiger partial charge in [-0.25, -0.2) is 9.78 Å². The molecule has 0 saturated carbocycles. The number of aryl methyl sites for hydroxylation is 1. The highest BCUT2D eigenvalue weighted by molar-refractivity contribution is 6.04. The number of benzene rings is 3. The lowest BCUT2D eigenvalue weighted by atomic mass is 10.1. The van der Waals surface area contributed by atoms with Gasteiger partial charge in [-0.2, -0.15) is 23.1 Å². The van der Waals surface area contributed by atoms with E-state index in [1.54, 1.807) is 19.2 Å². The predicted octanol–water partition coefficient (Wildman–Crippen LogP) is 6.23. The molecule has 0 radical (unpaired) electrons. The molecule has 2 N–H and O–H groups in total. The summed E-state index contributed by atoms with van der Waals surface area (Å²) in [4.78, 5) is 41.5. The Hall–Kier alpha value is -5.50. The molecule has 5 rings (SSSR count). The number of rotatable bonds is 12. The Bertz CT molecular complexity index is 1980. The van der Waals surface area contributed by atoms with Crippen LogP contribution in [-0.2, 0) is 6.18 Å². The first-order valence-corrected chi connectivity index (χ1v) is 15.2. The van der Waals surface area contributed by atoms with E-state index in [-0.39, 0.29) is 28.6 Å². The van der Waals surface area contributed by atoms with E-state index < -0.39 is 23.3 Å². The molecule has 11 nitrogen and oxygen atoms in total. The van der Waals surface area contributed by atoms with E-state index in [2.05, 4.69) is 44.3 Å². The highest BCUT2D eigenvalue weighted by atomic mass is 19.4. The largest absolute Gasteiger partial charge is 0.497 e. The summed E-state index contributed by atoms with van der Waals surface area (Å²) in [6.07, 6.45) is -3.06. The van der Waals surface area contributed by atoms with Crippen molar-refractivity contribution < 1.29 is 27.4 Å². The zero-order valence-electron chi connectivity index (χ0n) is 26.8. The summed E-state index contributed by atoms with van der Waals surface area (Å²) in [5.74, 6) is 0.491. The zero-order chi connectivity index (χ0) is 34.4. The Balaban J connectivity index is 1.36. The number of methoxy groups -OCH3 is 1. The number of anilines is 3. The van der Waals surface area contributed by atoms with E-state index in [0.717, 1.165) is 43.6 Å². The highest BCUT2D eigenvalue weighted by Crippen LogP contribution is 2.30. The third-order valence-electron chi connectivity index (χ3n) is 7.66. The van der Waals surface area contributed by atoms with Crippen molar-refractivity contribution in [3.05, 3.63) is 100 Å². The number of likely N-dealkylation sites (N-methyl/N-ethyl adjacent to an activating group) is 1. The van der Waals surface area contributed by atoms with E-state index in [4.69, 9.17) is 9.47 Å². The van der Waals surface area contributed by atoms with Crippen LogP contribution in [0, 0.1) is 6.92 Å². The van der Waals surface area contributed by atoms with E-state index in [1.165, 1.54) is 29.9 Å². The van der Waals surface area contributed by atoms with Crippen molar-refractivity contribution in [3.8, 4) is 17.2 Å². The van der Waals surface area contributed by atoms with Crippen LogP contribution in [0.15, 0.2) is 77.7 Å². The Morgan fingerprint density at radius 1 is 0.958 bits per heavy atom. The van der Waals surface area contributed by atoms with Crippen LogP contribution in [0.4, 0.5) is 30.5 Å². The quantitative estimate of drug-likeness (QED) is 0.160. The molecule has 0 spiro atoms. The summed E-state index contributed by atoms with van der Waals surface area (Å²) in [7, 11) is 1.40. The minimum absolute atomic E-state index is 0.170. The van der Waals surface area contributed by atoms with Gasteiger partial charge in [0.1, 0.15) is 18.1 Å². The number of nitrogens with one attached hydrogen (secondary N) is 2. The van der Waals surface area contributed by atoms with Gasteiger partial charge < -0.3 is 25.0 Å². The van der Waals surface area contributed by atoms with Crippen molar-refractivity contribution in [2.45, 2.75) is 26.9 Å². The van der Waals surface area contributed by atoms with Crippen molar-refractivity contribution in [3.63, 3.8) is 0 Å². The number of hydrogen-bond donors (Lipinski definition) is 2. The average Bonchev–Trinajstić information content (AvgIpc) is 3.07. The van der Waals surface area contributed by atoms with Gasteiger partial charge in [0.25, 0.3) is 5.91 Å². The molecule has 2 aromatic heterocycles. The molecule has 0 bridgehead atoms. The van der Waals surface area contributed by atoms with E-state index >= 15 is 0 Å². The molecule has 250 valence electrons. The molecule has 0 saturated heterocycles. The maximum absolute atomic E-state index is 13.3. The number of aromatic nitrogens is 4. The predicted molar refractivity (Wildman–Crippen MR) is 177 cm³/mol. The molecule has 5 aromatic rings. The molecule has 0 atom stereocenters. The van der Waals surface area contributed by atoms with Crippen LogP contribution in [0.5, 0.6) is 11.5 Å². The number of halogens is 3. The number of hydrogen-bond acceptors (Lipinski definition) is 9. The number of fused-ring (bicyclic) bond motifs is 1. The van der Waals surface area contributed by atoms with Crippen molar-refractivity contribution in [1.82, 2.24) is 24.4 Å². The fourth-order valence-corrected chi connectivity index (χ4v) is 5.02. The number of amides is 1. The normalized spacial score (nSPS) is 11.5. The molecule has 1 amide bonds. The average molecular weight is 662 g/mol. The maximum Gasteiger partial charge on any atom is 0.416 e. The topological polar surface area (TPSA) is 124 Å². The van der Waals surface area contributed by atoms with Crippen LogP contribution in [-0.4, -0.2) is 63.7 Å². The molecule has 2 heterocycles. The van der Waals surface area contributed by atoms with Gasteiger partial charge >= 0.3 is 11.9 Å². The van der Waals surface area contributed by atoms with Gasteiger partial charge in [0.15, 0.2) is 5.65 Å². The summed E-state index contributed by atoms with van der Waals surface area (Å²) in [5, 5.41) is 6.19. The van der Waals surface area contributed by atoms with Gasteiger partial charge in [0, 0.05) is 47.5 Å². The lowest BCUT2D eigenvalue weighted by molar-refractivity contribution is -0.137. The Morgan fingerprint density at radius 3 is 2.40 bits per heavy atom. The minimum Gasteiger partial charge on any atom is -0.497 e. The minimum atomic E-state index is -4.60. The summed E-state index contributed by atoms with van der Waals surface area (Å²) in [5.41, 5.74) is 0.0459. The second-order valence-electron chi connectivity index (χ2n) is 10.7. The van der Waals surface area contributed by atoms with Crippen LogP contribution in [0.3, 0.4) is 0 Å². The molecule has 0 aliphatic rings. The number of carbonyl (C=O) groups excluding carboxylic acids is 1. The first-order chi connectivity index (χ1) is 23.0. The number of carbonyl (C=O) groups is 1. The Morgan fingerprint density at radius 2 is 1.71 bits per heavy atom. The standard InChI is InChI=1S/C34H34F3N7O4/c1-5-43(6-2)14-15-48-27-12-10-24(11-13-27)40-32-38-20-29-21(3)44(33(46)42-30(29)41-32)26-17-25(18-28(19-26)47-4)39-31(45)22-8-7-9-23(16-22)34(35,36)37/h7-13,16-20H,5-6,14-15H2,1-4H3,(H,39,45)(H,40,41,42,46). The van der Waals surface area contributed by atoms with Gasteiger partial charge in [-0.15, -0.1) is 0 Å². The lowest BCUT2D eigenvalue weighted by Crippen LogP contribution is -2.27.